The molecule has 4 aliphatic rings. The number of H-pyrrole nitrogens is 1. The van der Waals surface area contributed by atoms with Crippen LogP contribution in [0.1, 0.15) is 38.1 Å². The van der Waals surface area contributed by atoms with E-state index in [4.69, 9.17) is 4.74 Å². The maximum atomic E-state index is 12.5. The molecule has 2 amide bonds. The summed E-state index contributed by atoms with van der Waals surface area (Å²) >= 11 is 0. The minimum absolute atomic E-state index is 0.146. The lowest BCUT2D eigenvalue weighted by molar-refractivity contribution is -0.148. The van der Waals surface area contributed by atoms with Gasteiger partial charge in [-0.3, -0.25) is 19.4 Å². The van der Waals surface area contributed by atoms with Crippen LogP contribution in [0.5, 0.6) is 0 Å². The molecular weight excluding hydrogens is 426 g/mol. The zero-order valence-corrected chi connectivity index (χ0v) is 18.4. The molecule has 4 fully saturated rings. The number of carbonyl (C=O) groups excluding carboxylic acids is 2. The summed E-state index contributed by atoms with van der Waals surface area (Å²) in [4.78, 5) is 29.0. The van der Waals surface area contributed by atoms with Gasteiger partial charge < -0.3 is 20.5 Å². The third kappa shape index (κ3) is 3.29. The molecule has 4 bridgehead atoms. The maximum absolute atomic E-state index is 12.5. The third-order valence-corrected chi connectivity index (χ3v) is 7.64. The number of aromatic amines is 1. The van der Waals surface area contributed by atoms with Gasteiger partial charge in [-0.25, -0.2) is 4.98 Å². The maximum Gasteiger partial charge on any atom is 0.314 e. The van der Waals surface area contributed by atoms with Gasteiger partial charge in [0.2, 0.25) is 0 Å². The molecule has 3 heterocycles. The molecular formula is C22H27N7O4. The van der Waals surface area contributed by atoms with E-state index in [0.717, 1.165) is 43.0 Å². The topological polar surface area (TPSA) is 147 Å². The number of nitrogens with one attached hydrogen (secondary N) is 3. The molecule has 3 aromatic rings. The van der Waals surface area contributed by atoms with E-state index in [-0.39, 0.29) is 12.6 Å². The SMILES string of the molecule is COCCNC(=O)C(=O)Nc1[nH]n(C2[C@@H]3CC4C[C@H]2CC(O)(C4)C3)c2c1nnc1nccc12. The first-order chi connectivity index (χ1) is 16.0. The Morgan fingerprint density at radius 3 is 2.76 bits per heavy atom. The highest BCUT2D eigenvalue weighted by molar-refractivity contribution is 6.40. The minimum Gasteiger partial charge on any atom is -0.390 e. The van der Waals surface area contributed by atoms with Crippen molar-refractivity contribution in [2.45, 2.75) is 43.7 Å². The van der Waals surface area contributed by atoms with Crippen LogP contribution in [-0.2, 0) is 14.3 Å². The Hall–Kier alpha value is -3.05. The Morgan fingerprint density at radius 1 is 1.24 bits per heavy atom. The predicted molar refractivity (Wildman–Crippen MR) is 118 cm³/mol. The lowest BCUT2D eigenvalue weighted by Crippen LogP contribution is -2.55. The van der Waals surface area contributed by atoms with Crippen LogP contribution >= 0.6 is 0 Å². The molecule has 4 N–H and O–H groups in total. The summed E-state index contributed by atoms with van der Waals surface area (Å²) in [5.74, 6) is 0.0340. The molecule has 7 rings (SSSR count). The number of amides is 2. The average molecular weight is 454 g/mol. The van der Waals surface area contributed by atoms with Gasteiger partial charge in [-0.2, -0.15) is 0 Å². The zero-order valence-electron chi connectivity index (χ0n) is 18.4. The molecule has 3 unspecified atom stereocenters. The van der Waals surface area contributed by atoms with Crippen molar-refractivity contribution in [2.24, 2.45) is 17.8 Å². The number of anilines is 1. The van der Waals surface area contributed by atoms with Crippen molar-refractivity contribution in [1.29, 1.82) is 0 Å². The summed E-state index contributed by atoms with van der Waals surface area (Å²) in [6.07, 6.45) is 6.33. The van der Waals surface area contributed by atoms with Gasteiger partial charge in [0.25, 0.3) is 0 Å². The lowest BCUT2D eigenvalue weighted by atomic mass is 9.52. The van der Waals surface area contributed by atoms with Gasteiger partial charge in [0.1, 0.15) is 5.52 Å². The van der Waals surface area contributed by atoms with Gasteiger partial charge in [0, 0.05) is 19.9 Å². The number of ether oxygens (including phenoxy) is 1. The number of nitrogens with zero attached hydrogens (tertiary/aromatic N) is 4. The Labute approximate surface area is 189 Å². The van der Waals surface area contributed by atoms with Gasteiger partial charge in [0.15, 0.2) is 17.0 Å². The third-order valence-electron chi connectivity index (χ3n) is 7.64. The Balaban J connectivity index is 1.39. The number of carbonyl (C=O) groups is 2. The molecule has 4 aliphatic carbocycles. The monoisotopic (exact) mass is 453 g/mol. The van der Waals surface area contributed by atoms with Crippen LogP contribution in [-0.4, -0.2) is 67.7 Å². The zero-order chi connectivity index (χ0) is 22.7. The van der Waals surface area contributed by atoms with Crippen molar-refractivity contribution in [3.8, 4) is 0 Å². The van der Waals surface area contributed by atoms with E-state index in [2.05, 4.69) is 35.6 Å². The van der Waals surface area contributed by atoms with E-state index in [9.17, 15) is 14.7 Å². The highest BCUT2D eigenvalue weighted by Gasteiger charge is 2.55. The number of hydrogen-bond acceptors (Lipinski definition) is 7. The largest absolute Gasteiger partial charge is 0.390 e. The Bertz CT molecular complexity index is 1230. The van der Waals surface area contributed by atoms with E-state index >= 15 is 0 Å². The fraction of sp³-hybridized carbons (Fsp3) is 0.591. The predicted octanol–water partition coefficient (Wildman–Crippen LogP) is 1.12. The minimum atomic E-state index is -0.789. The highest BCUT2D eigenvalue weighted by Crippen LogP contribution is 2.60. The standard InChI is InChI=1S/C22H27N7O4/c1-33-5-4-24-20(30)21(31)25-19-15-17(14-2-3-23-18(14)27-26-15)29(28-19)16-12-6-11-7-13(16)10-22(32,8-11)9-12/h2-3,11-13,16,28,32H,4-10H2,1H3,(H,24,30)(H,25,31)/t11?,12-,13+,16?,22?. The summed E-state index contributed by atoms with van der Waals surface area (Å²) in [6, 6.07) is 2.04. The second kappa shape index (κ2) is 7.49. The van der Waals surface area contributed by atoms with Crippen LogP contribution in [0, 0.1) is 17.8 Å². The molecule has 11 nitrogen and oxygen atoms in total. The van der Waals surface area contributed by atoms with Crippen LogP contribution in [0.3, 0.4) is 0 Å². The fourth-order valence-electron chi connectivity index (χ4n) is 6.71. The van der Waals surface area contributed by atoms with Gasteiger partial charge in [-0.05, 0) is 55.9 Å². The number of aliphatic hydroxyl groups is 1. The summed E-state index contributed by atoms with van der Waals surface area (Å²) in [5, 5.41) is 28.9. The summed E-state index contributed by atoms with van der Waals surface area (Å²) in [7, 11) is 1.52. The first-order valence-electron chi connectivity index (χ1n) is 11.5. The van der Waals surface area contributed by atoms with Crippen LogP contribution < -0.4 is 10.6 Å². The second-order valence-corrected chi connectivity index (χ2v) is 9.82. The van der Waals surface area contributed by atoms with Gasteiger partial charge in [-0.15, -0.1) is 10.2 Å². The van der Waals surface area contributed by atoms with Crippen molar-refractivity contribution in [3.63, 3.8) is 0 Å². The van der Waals surface area contributed by atoms with Crippen molar-refractivity contribution in [3.05, 3.63) is 12.3 Å². The van der Waals surface area contributed by atoms with E-state index < -0.39 is 17.4 Å². The molecule has 0 aliphatic heterocycles. The Kier molecular flexibility index (Phi) is 4.66. The first-order valence-corrected chi connectivity index (χ1v) is 11.5. The normalized spacial score (nSPS) is 30.2. The van der Waals surface area contributed by atoms with Gasteiger partial charge >= 0.3 is 11.8 Å². The number of methoxy groups -OCH3 is 1. The van der Waals surface area contributed by atoms with E-state index in [1.54, 1.807) is 6.20 Å². The van der Waals surface area contributed by atoms with Crippen molar-refractivity contribution in [1.82, 2.24) is 30.3 Å². The quantitative estimate of drug-likeness (QED) is 0.334. The van der Waals surface area contributed by atoms with E-state index in [0.29, 0.717) is 41.3 Å². The molecule has 0 spiro atoms. The number of fused-ring (bicyclic) bond motifs is 3. The molecule has 0 radical (unpaired) electrons. The van der Waals surface area contributed by atoms with Crippen molar-refractivity contribution in [2.75, 3.05) is 25.6 Å². The highest BCUT2D eigenvalue weighted by atomic mass is 16.5. The summed E-state index contributed by atoms with van der Waals surface area (Å²) in [6.45, 7) is 0.555. The van der Waals surface area contributed by atoms with Crippen LogP contribution in [0.2, 0.25) is 0 Å². The van der Waals surface area contributed by atoms with Crippen LogP contribution in [0.25, 0.3) is 22.1 Å². The van der Waals surface area contributed by atoms with Crippen LogP contribution in [0.4, 0.5) is 5.82 Å². The molecule has 0 saturated heterocycles. The molecule has 5 atom stereocenters. The summed E-state index contributed by atoms with van der Waals surface area (Å²) < 4.78 is 6.99. The first kappa shape index (κ1) is 20.5. The van der Waals surface area contributed by atoms with Crippen molar-refractivity contribution < 1.29 is 19.4 Å². The molecule has 3 aromatic heterocycles. The van der Waals surface area contributed by atoms with Crippen LogP contribution in [0.15, 0.2) is 12.3 Å². The van der Waals surface area contributed by atoms with Crippen molar-refractivity contribution >= 4 is 39.7 Å². The smallest absolute Gasteiger partial charge is 0.314 e. The molecule has 33 heavy (non-hydrogen) atoms. The van der Waals surface area contributed by atoms with Gasteiger partial charge in [-0.1, -0.05) is 0 Å². The number of hydrogen-bond donors (Lipinski definition) is 4. The number of rotatable bonds is 5. The summed E-state index contributed by atoms with van der Waals surface area (Å²) in [5.41, 5.74) is 1.29. The second-order valence-electron chi connectivity index (χ2n) is 9.82. The fourth-order valence-corrected chi connectivity index (χ4v) is 6.71. The van der Waals surface area contributed by atoms with E-state index in [1.807, 2.05) is 6.07 Å². The lowest BCUT2D eigenvalue weighted by Gasteiger charge is -2.58. The molecule has 4 saturated carbocycles. The number of aromatic nitrogens is 5. The molecule has 0 aromatic carbocycles. The van der Waals surface area contributed by atoms with Gasteiger partial charge in [0.05, 0.1) is 23.6 Å². The average Bonchev–Trinajstić information content (AvgIpc) is 3.37. The Morgan fingerprint density at radius 2 is 2.03 bits per heavy atom. The van der Waals surface area contributed by atoms with E-state index in [1.165, 1.54) is 7.11 Å². The molecule has 174 valence electrons. The molecule has 11 heteroatoms.